The largest absolute Gasteiger partial charge is 0.309 e. The van der Waals surface area contributed by atoms with Crippen LogP contribution in [0.25, 0.3) is 0 Å². The zero-order chi connectivity index (χ0) is 13.3. The van der Waals surface area contributed by atoms with E-state index in [2.05, 4.69) is 31.9 Å². The van der Waals surface area contributed by atoms with Crippen LogP contribution in [-0.2, 0) is 6.54 Å². The summed E-state index contributed by atoms with van der Waals surface area (Å²) < 4.78 is 28.8. The molecule has 6 heteroatoms. The van der Waals surface area contributed by atoms with Crippen LogP contribution in [0.4, 0.5) is 8.78 Å². The molecule has 0 atom stereocenters. The van der Waals surface area contributed by atoms with Gasteiger partial charge < -0.3 is 4.57 Å². The minimum absolute atomic E-state index is 0.0273. The third-order valence-corrected chi connectivity index (χ3v) is 3.36. The van der Waals surface area contributed by atoms with Gasteiger partial charge >= 0.3 is 0 Å². The van der Waals surface area contributed by atoms with Gasteiger partial charge in [0.05, 0.1) is 11.0 Å². The van der Waals surface area contributed by atoms with Crippen LogP contribution in [0.1, 0.15) is 5.56 Å². The van der Waals surface area contributed by atoms with E-state index in [4.69, 9.17) is 0 Å². The van der Waals surface area contributed by atoms with E-state index in [0.29, 0.717) is 8.95 Å². The summed E-state index contributed by atoms with van der Waals surface area (Å²) in [6.07, 6.45) is 1.53. The van der Waals surface area contributed by atoms with E-state index in [0.717, 1.165) is 18.2 Å². The number of rotatable bonds is 2. The van der Waals surface area contributed by atoms with Gasteiger partial charge in [0.15, 0.2) is 0 Å². The highest BCUT2D eigenvalue weighted by atomic mass is 79.9. The molecule has 0 saturated carbocycles. The molecular formula is C12H7Br2F2NO. The average Bonchev–Trinajstić information content (AvgIpc) is 2.30. The van der Waals surface area contributed by atoms with Gasteiger partial charge in [-0.2, -0.15) is 0 Å². The molecule has 2 rings (SSSR count). The molecule has 0 aliphatic heterocycles. The predicted molar refractivity (Wildman–Crippen MR) is 71.6 cm³/mol. The van der Waals surface area contributed by atoms with Crippen LogP contribution < -0.4 is 5.56 Å². The lowest BCUT2D eigenvalue weighted by Crippen LogP contribution is -2.21. The Labute approximate surface area is 119 Å². The van der Waals surface area contributed by atoms with Gasteiger partial charge in [-0.25, -0.2) is 8.78 Å². The first kappa shape index (κ1) is 13.4. The molecule has 0 aliphatic carbocycles. The minimum atomic E-state index is -0.542. The van der Waals surface area contributed by atoms with Gasteiger partial charge in [0.25, 0.3) is 5.56 Å². The molecule has 0 amide bonds. The lowest BCUT2D eigenvalue weighted by molar-refractivity contribution is 0.574. The fourth-order valence-corrected chi connectivity index (χ4v) is 2.79. The summed E-state index contributed by atoms with van der Waals surface area (Å²) in [5.74, 6) is -1.08. The first-order chi connectivity index (χ1) is 8.47. The molecule has 2 nitrogen and oxygen atoms in total. The van der Waals surface area contributed by atoms with Crippen LogP contribution in [-0.4, -0.2) is 4.57 Å². The quantitative estimate of drug-likeness (QED) is 0.780. The van der Waals surface area contributed by atoms with Crippen molar-refractivity contribution in [3.05, 3.63) is 67.0 Å². The van der Waals surface area contributed by atoms with E-state index >= 15 is 0 Å². The zero-order valence-corrected chi connectivity index (χ0v) is 12.1. The summed E-state index contributed by atoms with van der Waals surface area (Å²) in [6.45, 7) is -0.0273. The van der Waals surface area contributed by atoms with Gasteiger partial charge in [0.1, 0.15) is 11.6 Å². The van der Waals surface area contributed by atoms with Crippen LogP contribution in [0.2, 0.25) is 0 Å². The second-order valence-corrected chi connectivity index (χ2v) is 5.45. The lowest BCUT2D eigenvalue weighted by Gasteiger charge is -2.08. The normalized spacial score (nSPS) is 10.7. The predicted octanol–water partition coefficient (Wildman–Crippen LogP) is 3.70. The Balaban J connectivity index is 2.46. The summed E-state index contributed by atoms with van der Waals surface area (Å²) in [5, 5.41) is 0. The van der Waals surface area contributed by atoms with Crippen LogP contribution in [0.15, 0.2) is 44.2 Å². The molecule has 94 valence electrons. The second-order valence-electron chi connectivity index (χ2n) is 3.68. The number of benzene rings is 1. The fourth-order valence-electron chi connectivity index (χ4n) is 1.53. The lowest BCUT2D eigenvalue weighted by atomic mass is 10.2. The van der Waals surface area contributed by atoms with Crippen molar-refractivity contribution in [1.29, 1.82) is 0 Å². The molecule has 0 unspecified atom stereocenters. The SMILES string of the molecule is O=c1c(Br)cc(Br)cn1Cc1cc(F)ccc1F. The molecule has 2 aromatic rings. The Morgan fingerprint density at radius 2 is 1.89 bits per heavy atom. The molecule has 1 aromatic heterocycles. The minimum Gasteiger partial charge on any atom is -0.309 e. The van der Waals surface area contributed by atoms with Crippen molar-refractivity contribution < 1.29 is 8.78 Å². The third-order valence-electron chi connectivity index (χ3n) is 2.36. The van der Waals surface area contributed by atoms with Crippen molar-refractivity contribution in [2.24, 2.45) is 0 Å². The van der Waals surface area contributed by atoms with Crippen molar-refractivity contribution in [3.8, 4) is 0 Å². The summed E-state index contributed by atoms with van der Waals surface area (Å²) in [6, 6.07) is 4.76. The molecule has 1 heterocycles. The highest BCUT2D eigenvalue weighted by Crippen LogP contribution is 2.15. The van der Waals surface area contributed by atoms with E-state index in [1.165, 1.54) is 10.8 Å². The summed E-state index contributed by atoms with van der Waals surface area (Å²) in [5.41, 5.74) is -0.177. The van der Waals surface area contributed by atoms with E-state index in [9.17, 15) is 13.6 Å². The Hall–Kier alpha value is -1.01. The molecule has 0 bridgehead atoms. The summed E-state index contributed by atoms with van der Waals surface area (Å²) in [7, 11) is 0. The maximum absolute atomic E-state index is 13.5. The van der Waals surface area contributed by atoms with E-state index in [1.807, 2.05) is 0 Å². The number of hydrogen-bond acceptors (Lipinski definition) is 1. The molecule has 1 aromatic carbocycles. The summed E-state index contributed by atoms with van der Waals surface area (Å²) in [4.78, 5) is 11.8. The zero-order valence-electron chi connectivity index (χ0n) is 8.96. The van der Waals surface area contributed by atoms with E-state index in [-0.39, 0.29) is 17.7 Å². The van der Waals surface area contributed by atoms with Gasteiger partial charge in [-0.1, -0.05) is 0 Å². The van der Waals surface area contributed by atoms with Gasteiger partial charge in [-0.15, -0.1) is 0 Å². The van der Waals surface area contributed by atoms with Crippen molar-refractivity contribution in [1.82, 2.24) is 4.57 Å². The molecule has 0 radical (unpaired) electrons. The molecule has 0 spiro atoms. The Bertz CT molecular complexity index is 655. The van der Waals surface area contributed by atoms with Crippen molar-refractivity contribution >= 4 is 31.9 Å². The molecular weight excluding hydrogens is 372 g/mol. The van der Waals surface area contributed by atoms with Crippen molar-refractivity contribution in [2.45, 2.75) is 6.54 Å². The molecule has 0 N–H and O–H groups in total. The van der Waals surface area contributed by atoms with Crippen LogP contribution in [0.5, 0.6) is 0 Å². The smallest absolute Gasteiger partial charge is 0.265 e. The fraction of sp³-hybridized carbons (Fsp3) is 0.0833. The highest BCUT2D eigenvalue weighted by molar-refractivity contribution is 9.11. The van der Waals surface area contributed by atoms with Gasteiger partial charge in [0, 0.05) is 16.2 Å². The molecule has 0 aliphatic rings. The Kier molecular flexibility index (Phi) is 3.97. The van der Waals surface area contributed by atoms with Crippen molar-refractivity contribution in [2.75, 3.05) is 0 Å². The molecule has 18 heavy (non-hydrogen) atoms. The Morgan fingerprint density at radius 3 is 2.61 bits per heavy atom. The maximum Gasteiger partial charge on any atom is 0.265 e. The number of pyridine rings is 1. The van der Waals surface area contributed by atoms with Crippen LogP contribution >= 0.6 is 31.9 Å². The topological polar surface area (TPSA) is 22.0 Å². The Morgan fingerprint density at radius 1 is 1.17 bits per heavy atom. The first-order valence-electron chi connectivity index (χ1n) is 4.97. The summed E-state index contributed by atoms with van der Waals surface area (Å²) >= 11 is 6.35. The maximum atomic E-state index is 13.5. The molecule has 0 saturated heterocycles. The second kappa shape index (κ2) is 5.32. The monoisotopic (exact) mass is 377 g/mol. The first-order valence-corrected chi connectivity index (χ1v) is 6.55. The van der Waals surface area contributed by atoms with Gasteiger partial charge in [-0.05, 0) is 56.1 Å². The van der Waals surface area contributed by atoms with E-state index < -0.39 is 11.6 Å². The van der Waals surface area contributed by atoms with Crippen molar-refractivity contribution in [3.63, 3.8) is 0 Å². The number of hydrogen-bond donors (Lipinski definition) is 0. The van der Waals surface area contributed by atoms with E-state index in [1.54, 1.807) is 6.07 Å². The molecule has 0 fully saturated rings. The van der Waals surface area contributed by atoms with Gasteiger partial charge in [-0.3, -0.25) is 4.79 Å². The number of halogens is 4. The third kappa shape index (κ3) is 2.87. The van der Waals surface area contributed by atoms with Crippen LogP contribution in [0, 0.1) is 11.6 Å². The van der Waals surface area contributed by atoms with Crippen LogP contribution in [0.3, 0.4) is 0 Å². The van der Waals surface area contributed by atoms with Gasteiger partial charge in [0.2, 0.25) is 0 Å². The standard InChI is InChI=1S/C12H7Br2F2NO/c13-8-4-10(14)12(18)17(6-8)5-7-3-9(15)1-2-11(7)16/h1-4,6H,5H2. The average molecular weight is 379 g/mol. The number of aromatic nitrogens is 1. The highest BCUT2D eigenvalue weighted by Gasteiger charge is 2.08. The number of nitrogens with zero attached hydrogens (tertiary/aromatic N) is 1.